The van der Waals surface area contributed by atoms with Gasteiger partial charge >= 0.3 is 0 Å². The minimum Gasteiger partial charge on any atom is -0.345 e. The number of carbonyl (C=O) groups excluding carboxylic acids is 1. The Labute approximate surface area is 83.3 Å². The van der Waals surface area contributed by atoms with Gasteiger partial charge in [-0.1, -0.05) is 30.3 Å². The largest absolute Gasteiger partial charge is 0.345 e. The molecule has 1 fully saturated rings. The molecule has 0 saturated heterocycles. The number of rotatable bonds is 3. The summed E-state index contributed by atoms with van der Waals surface area (Å²) in [7, 11) is 0. The summed E-state index contributed by atoms with van der Waals surface area (Å²) in [4.78, 5) is 11.2. The molecule has 1 aromatic carbocycles. The van der Waals surface area contributed by atoms with E-state index in [2.05, 4.69) is 5.32 Å². The Morgan fingerprint density at radius 2 is 2.00 bits per heavy atom. The van der Waals surface area contributed by atoms with Crippen molar-refractivity contribution in [3.05, 3.63) is 35.9 Å². The van der Waals surface area contributed by atoms with Gasteiger partial charge in [-0.15, -0.1) is 0 Å². The van der Waals surface area contributed by atoms with Crippen LogP contribution in [0, 0.1) is 0 Å². The molecule has 1 aliphatic rings. The van der Waals surface area contributed by atoms with Crippen LogP contribution in [0.15, 0.2) is 30.3 Å². The molecule has 1 saturated carbocycles. The molecule has 0 bridgehead atoms. The Morgan fingerprint density at radius 1 is 1.36 bits per heavy atom. The van der Waals surface area contributed by atoms with E-state index in [-0.39, 0.29) is 18.0 Å². The third-order valence-electron chi connectivity index (χ3n) is 2.64. The van der Waals surface area contributed by atoms with Gasteiger partial charge in [-0.2, -0.15) is 0 Å². The molecule has 0 aromatic heterocycles. The molecule has 1 amide bonds. The Kier molecular flexibility index (Phi) is 2.25. The number of hydrogen-bond acceptors (Lipinski definition) is 2. The van der Waals surface area contributed by atoms with Crippen LogP contribution in [0.3, 0.4) is 0 Å². The van der Waals surface area contributed by atoms with Crippen LogP contribution in [0.5, 0.6) is 0 Å². The Morgan fingerprint density at radius 3 is 2.50 bits per heavy atom. The van der Waals surface area contributed by atoms with Gasteiger partial charge in [0.15, 0.2) is 0 Å². The Hall–Kier alpha value is -1.35. The van der Waals surface area contributed by atoms with Crippen LogP contribution in [0.2, 0.25) is 0 Å². The van der Waals surface area contributed by atoms with Gasteiger partial charge in [-0.05, 0) is 18.4 Å². The molecule has 14 heavy (non-hydrogen) atoms. The molecule has 74 valence electrons. The molecule has 3 N–H and O–H groups in total. The maximum absolute atomic E-state index is 11.2. The lowest BCUT2D eigenvalue weighted by Gasteiger charge is -2.17. The van der Waals surface area contributed by atoms with E-state index in [4.69, 9.17) is 5.73 Å². The number of amides is 1. The summed E-state index contributed by atoms with van der Waals surface area (Å²) in [6.45, 7) is 0.0641. The van der Waals surface area contributed by atoms with Crippen molar-refractivity contribution in [2.24, 2.45) is 5.73 Å². The van der Waals surface area contributed by atoms with Crippen LogP contribution in [-0.2, 0) is 10.3 Å². The fraction of sp³-hybridized carbons (Fsp3) is 0.364. The van der Waals surface area contributed by atoms with E-state index >= 15 is 0 Å². The van der Waals surface area contributed by atoms with E-state index in [9.17, 15) is 4.79 Å². The van der Waals surface area contributed by atoms with Crippen LogP contribution in [-0.4, -0.2) is 12.5 Å². The lowest BCUT2D eigenvalue weighted by molar-refractivity contribution is -0.120. The second-order valence-electron chi connectivity index (χ2n) is 3.70. The first-order chi connectivity index (χ1) is 6.77. The van der Waals surface area contributed by atoms with Crippen molar-refractivity contribution in [1.82, 2.24) is 5.32 Å². The molecule has 2 rings (SSSR count). The molecule has 1 aliphatic carbocycles. The highest BCUT2D eigenvalue weighted by Gasteiger charge is 2.45. The lowest BCUT2D eigenvalue weighted by atomic mass is 10.1. The molecule has 0 radical (unpaired) electrons. The third kappa shape index (κ3) is 1.63. The molecule has 3 heteroatoms. The minimum absolute atomic E-state index is 0.0641. The normalized spacial score (nSPS) is 17.5. The van der Waals surface area contributed by atoms with Crippen molar-refractivity contribution in [1.29, 1.82) is 0 Å². The van der Waals surface area contributed by atoms with Gasteiger partial charge in [-0.3, -0.25) is 4.79 Å². The molecule has 3 nitrogen and oxygen atoms in total. The van der Waals surface area contributed by atoms with Crippen molar-refractivity contribution in [3.8, 4) is 0 Å². The smallest absolute Gasteiger partial charge is 0.234 e. The number of carbonyl (C=O) groups is 1. The summed E-state index contributed by atoms with van der Waals surface area (Å²) in [5, 5.41) is 2.97. The van der Waals surface area contributed by atoms with E-state index in [1.54, 1.807) is 0 Å². The van der Waals surface area contributed by atoms with Crippen molar-refractivity contribution < 1.29 is 4.79 Å². The van der Waals surface area contributed by atoms with Crippen LogP contribution in [0.4, 0.5) is 0 Å². The summed E-state index contributed by atoms with van der Waals surface area (Å²) in [5.74, 6) is -0.0775. The van der Waals surface area contributed by atoms with E-state index < -0.39 is 0 Å². The lowest BCUT2D eigenvalue weighted by Crippen LogP contribution is -2.38. The summed E-state index contributed by atoms with van der Waals surface area (Å²) >= 11 is 0. The summed E-state index contributed by atoms with van der Waals surface area (Å²) in [6, 6.07) is 10.0. The second-order valence-corrected chi connectivity index (χ2v) is 3.70. The molecule has 0 spiro atoms. The number of nitrogens with two attached hydrogens (primary N) is 1. The molecule has 0 aliphatic heterocycles. The monoisotopic (exact) mass is 190 g/mol. The van der Waals surface area contributed by atoms with Gasteiger partial charge in [0.25, 0.3) is 0 Å². The predicted molar refractivity (Wildman–Crippen MR) is 54.6 cm³/mol. The quantitative estimate of drug-likeness (QED) is 0.739. The fourth-order valence-corrected chi connectivity index (χ4v) is 1.69. The molecule has 0 unspecified atom stereocenters. The summed E-state index contributed by atoms with van der Waals surface area (Å²) in [5.41, 5.74) is 6.34. The van der Waals surface area contributed by atoms with E-state index in [1.807, 2.05) is 30.3 Å². The van der Waals surface area contributed by atoms with Crippen LogP contribution < -0.4 is 11.1 Å². The number of benzene rings is 1. The Balaban J connectivity index is 2.14. The van der Waals surface area contributed by atoms with Gasteiger partial charge < -0.3 is 11.1 Å². The predicted octanol–water partition coefficient (Wildman–Crippen LogP) is 0.751. The van der Waals surface area contributed by atoms with Crippen LogP contribution in [0.25, 0.3) is 0 Å². The van der Waals surface area contributed by atoms with Crippen molar-refractivity contribution >= 4 is 5.91 Å². The Bertz CT molecular complexity index is 330. The topological polar surface area (TPSA) is 55.1 Å². The van der Waals surface area contributed by atoms with Gasteiger partial charge in [0.05, 0.1) is 12.1 Å². The zero-order valence-electron chi connectivity index (χ0n) is 7.99. The standard InChI is InChI=1S/C11H14N2O/c12-8-10(14)13-11(6-7-11)9-4-2-1-3-5-9/h1-5H,6-8,12H2,(H,13,14). The first kappa shape index (κ1) is 9.21. The first-order valence-corrected chi connectivity index (χ1v) is 4.83. The SMILES string of the molecule is NCC(=O)NC1(c2ccccc2)CC1. The van der Waals surface area contributed by atoms with Crippen molar-refractivity contribution in [2.75, 3.05) is 6.54 Å². The van der Waals surface area contributed by atoms with Gasteiger partial charge in [0, 0.05) is 0 Å². The second kappa shape index (κ2) is 3.42. The van der Waals surface area contributed by atoms with Crippen molar-refractivity contribution in [3.63, 3.8) is 0 Å². The highest BCUT2D eigenvalue weighted by Crippen LogP contribution is 2.45. The molecule has 0 atom stereocenters. The molecule has 1 aromatic rings. The van der Waals surface area contributed by atoms with E-state index in [1.165, 1.54) is 5.56 Å². The zero-order chi connectivity index (χ0) is 10.0. The van der Waals surface area contributed by atoms with Gasteiger partial charge in [-0.25, -0.2) is 0 Å². The molecular formula is C11H14N2O. The third-order valence-corrected chi connectivity index (χ3v) is 2.64. The molecular weight excluding hydrogens is 176 g/mol. The average molecular weight is 190 g/mol. The van der Waals surface area contributed by atoms with E-state index in [0.717, 1.165) is 12.8 Å². The minimum atomic E-state index is -0.113. The first-order valence-electron chi connectivity index (χ1n) is 4.83. The zero-order valence-corrected chi connectivity index (χ0v) is 7.99. The highest BCUT2D eigenvalue weighted by molar-refractivity contribution is 5.79. The number of hydrogen-bond donors (Lipinski definition) is 2. The fourth-order valence-electron chi connectivity index (χ4n) is 1.69. The van der Waals surface area contributed by atoms with Gasteiger partial charge in [0.1, 0.15) is 0 Å². The maximum Gasteiger partial charge on any atom is 0.234 e. The average Bonchev–Trinajstić information content (AvgIpc) is 3.00. The highest BCUT2D eigenvalue weighted by atomic mass is 16.2. The van der Waals surface area contributed by atoms with E-state index in [0.29, 0.717) is 0 Å². The van der Waals surface area contributed by atoms with Gasteiger partial charge in [0.2, 0.25) is 5.91 Å². The summed E-state index contributed by atoms with van der Waals surface area (Å²) < 4.78 is 0. The summed E-state index contributed by atoms with van der Waals surface area (Å²) in [6.07, 6.45) is 2.03. The number of nitrogens with one attached hydrogen (secondary N) is 1. The maximum atomic E-state index is 11.2. The van der Waals surface area contributed by atoms with Crippen molar-refractivity contribution in [2.45, 2.75) is 18.4 Å². The van der Waals surface area contributed by atoms with Crippen LogP contribution >= 0.6 is 0 Å². The molecule has 0 heterocycles. The van der Waals surface area contributed by atoms with Crippen LogP contribution in [0.1, 0.15) is 18.4 Å².